The van der Waals surface area contributed by atoms with Crippen LogP contribution in [0.25, 0.3) is 0 Å². The van der Waals surface area contributed by atoms with Crippen molar-refractivity contribution < 1.29 is 24.1 Å². The number of ether oxygens (including phenoxy) is 3. The first-order chi connectivity index (χ1) is 9.34. The second-order valence-electron chi connectivity index (χ2n) is 5.41. The molecule has 5 nitrogen and oxygen atoms in total. The average molecular weight is 281 g/mol. The van der Waals surface area contributed by atoms with Gasteiger partial charge in [-0.25, -0.2) is 0 Å². The van der Waals surface area contributed by atoms with Gasteiger partial charge in [-0.1, -0.05) is 26.8 Å². The van der Waals surface area contributed by atoms with Gasteiger partial charge in [0.1, 0.15) is 24.7 Å². The molecule has 0 aliphatic carbocycles. The number of carbonyl (C=O) groups excluding carboxylic acids is 1. The molecule has 0 amide bonds. The van der Waals surface area contributed by atoms with Crippen molar-refractivity contribution >= 4 is 5.97 Å². The van der Waals surface area contributed by atoms with Crippen molar-refractivity contribution in [3.63, 3.8) is 0 Å². The lowest BCUT2D eigenvalue weighted by atomic mass is 9.86. The summed E-state index contributed by atoms with van der Waals surface area (Å²) in [5.74, 6) is -0.147. The number of hydrogen-bond donors (Lipinski definition) is 0. The van der Waals surface area contributed by atoms with Gasteiger partial charge in [0, 0.05) is 13.2 Å². The summed E-state index contributed by atoms with van der Waals surface area (Å²) in [7, 11) is 1.60. The second-order valence-corrected chi connectivity index (χ2v) is 5.41. The van der Waals surface area contributed by atoms with E-state index in [0.717, 1.165) is 5.56 Å². The molecule has 0 spiro atoms. The monoisotopic (exact) mass is 281 g/mol. The number of benzene rings is 1. The minimum atomic E-state index is -1.26. The molecule has 0 N–H and O–H groups in total. The van der Waals surface area contributed by atoms with Crippen LogP contribution in [0, 0.1) is 0 Å². The van der Waals surface area contributed by atoms with Crippen molar-refractivity contribution in [3.05, 3.63) is 23.8 Å². The molecule has 1 rings (SSSR count). The number of carboxylic acids is 1. The number of hydrogen-bond acceptors (Lipinski definition) is 5. The third kappa shape index (κ3) is 5.09. The van der Waals surface area contributed by atoms with E-state index in [-0.39, 0.29) is 5.41 Å². The normalized spacial score (nSPS) is 11.2. The van der Waals surface area contributed by atoms with Gasteiger partial charge in [0.05, 0.1) is 12.6 Å². The van der Waals surface area contributed by atoms with E-state index in [0.29, 0.717) is 24.7 Å². The van der Waals surface area contributed by atoms with E-state index in [9.17, 15) is 9.90 Å². The fraction of sp³-hybridized carbons (Fsp3) is 0.533. The predicted octanol–water partition coefficient (Wildman–Crippen LogP) is 1.14. The summed E-state index contributed by atoms with van der Waals surface area (Å²) in [4.78, 5) is 10.4. The highest BCUT2D eigenvalue weighted by molar-refractivity contribution is 5.66. The molecule has 0 aromatic heterocycles. The van der Waals surface area contributed by atoms with Crippen molar-refractivity contribution in [2.24, 2.45) is 0 Å². The Morgan fingerprint density at radius 2 is 1.90 bits per heavy atom. The quantitative estimate of drug-likeness (QED) is 0.701. The molecule has 0 heterocycles. The van der Waals surface area contributed by atoms with E-state index in [1.807, 2.05) is 6.07 Å². The van der Waals surface area contributed by atoms with Crippen LogP contribution in [0.15, 0.2) is 18.2 Å². The summed E-state index contributed by atoms with van der Waals surface area (Å²) in [5.41, 5.74) is 0.935. The summed E-state index contributed by atoms with van der Waals surface area (Å²) in [6.07, 6.45) is 0. The summed E-state index contributed by atoms with van der Waals surface area (Å²) >= 11 is 0. The Balaban J connectivity index is 2.92. The van der Waals surface area contributed by atoms with Crippen molar-refractivity contribution in [2.45, 2.75) is 26.2 Å². The molecular formula is C15H21O5-. The Morgan fingerprint density at radius 3 is 2.45 bits per heavy atom. The number of rotatable bonds is 7. The van der Waals surface area contributed by atoms with Gasteiger partial charge in [0.2, 0.25) is 0 Å². The minimum absolute atomic E-state index is 0.0880. The molecular weight excluding hydrogens is 260 g/mol. The number of carboxylic acid groups (broad SMARTS) is 1. The van der Waals surface area contributed by atoms with Crippen molar-refractivity contribution in [1.82, 2.24) is 0 Å². The Labute approximate surface area is 119 Å². The predicted molar refractivity (Wildman–Crippen MR) is 73.0 cm³/mol. The number of aliphatic carboxylic acids is 1. The molecule has 0 aliphatic rings. The van der Waals surface area contributed by atoms with Gasteiger partial charge in [-0.3, -0.25) is 0 Å². The first-order valence-corrected chi connectivity index (χ1v) is 6.43. The van der Waals surface area contributed by atoms with Gasteiger partial charge in [-0.2, -0.15) is 0 Å². The standard InChI is InChI=1S/C15H22O5/c1-15(2,3)12-6-5-11(20-10-14(16)17)9-13(12)19-8-7-18-4/h5-6,9H,7-8,10H2,1-4H3,(H,16,17)/p-1. The topological polar surface area (TPSA) is 67.8 Å². The van der Waals surface area contributed by atoms with Crippen LogP contribution in [0.2, 0.25) is 0 Å². The molecule has 1 aromatic carbocycles. The molecule has 0 saturated carbocycles. The summed E-state index contributed by atoms with van der Waals surface area (Å²) < 4.78 is 15.7. The van der Waals surface area contributed by atoms with E-state index in [2.05, 4.69) is 20.8 Å². The van der Waals surface area contributed by atoms with Crippen LogP contribution in [-0.4, -0.2) is 32.9 Å². The second kappa shape index (κ2) is 7.14. The molecule has 20 heavy (non-hydrogen) atoms. The van der Waals surface area contributed by atoms with Crippen LogP contribution in [0.5, 0.6) is 11.5 Å². The first-order valence-electron chi connectivity index (χ1n) is 6.43. The van der Waals surface area contributed by atoms with E-state index < -0.39 is 12.6 Å². The number of carbonyl (C=O) groups is 1. The maximum absolute atomic E-state index is 10.4. The third-order valence-electron chi connectivity index (χ3n) is 2.66. The lowest BCUT2D eigenvalue weighted by Crippen LogP contribution is -2.29. The largest absolute Gasteiger partial charge is 0.546 e. The molecule has 1 aromatic rings. The third-order valence-corrected chi connectivity index (χ3v) is 2.66. The molecule has 5 heteroatoms. The Hall–Kier alpha value is -1.75. The Kier molecular flexibility index (Phi) is 5.82. The molecule has 112 valence electrons. The zero-order chi connectivity index (χ0) is 15.2. The maximum atomic E-state index is 10.4. The van der Waals surface area contributed by atoms with Crippen LogP contribution >= 0.6 is 0 Å². The van der Waals surface area contributed by atoms with Gasteiger partial charge in [0.15, 0.2) is 0 Å². The average Bonchev–Trinajstić information content (AvgIpc) is 2.35. The van der Waals surface area contributed by atoms with Crippen LogP contribution in [0.1, 0.15) is 26.3 Å². The van der Waals surface area contributed by atoms with E-state index in [4.69, 9.17) is 14.2 Å². The highest BCUT2D eigenvalue weighted by atomic mass is 16.5. The first kappa shape index (κ1) is 16.3. The maximum Gasteiger partial charge on any atom is 0.128 e. The minimum Gasteiger partial charge on any atom is -0.546 e. The smallest absolute Gasteiger partial charge is 0.128 e. The molecule has 0 radical (unpaired) electrons. The zero-order valence-corrected chi connectivity index (χ0v) is 12.4. The SMILES string of the molecule is COCCOc1cc(OCC(=O)[O-])ccc1C(C)(C)C. The lowest BCUT2D eigenvalue weighted by molar-refractivity contribution is -0.307. The Bertz CT molecular complexity index is 448. The van der Waals surface area contributed by atoms with Gasteiger partial charge < -0.3 is 24.1 Å². The number of methoxy groups -OCH3 is 1. The van der Waals surface area contributed by atoms with E-state index >= 15 is 0 Å². The molecule has 0 bridgehead atoms. The fourth-order valence-electron chi connectivity index (χ4n) is 1.71. The van der Waals surface area contributed by atoms with Crippen LogP contribution in [0.4, 0.5) is 0 Å². The van der Waals surface area contributed by atoms with Crippen LogP contribution in [-0.2, 0) is 14.9 Å². The zero-order valence-electron chi connectivity index (χ0n) is 12.4. The van der Waals surface area contributed by atoms with Crippen LogP contribution in [0.3, 0.4) is 0 Å². The highest BCUT2D eigenvalue weighted by Crippen LogP contribution is 2.34. The van der Waals surface area contributed by atoms with Crippen molar-refractivity contribution in [2.75, 3.05) is 26.9 Å². The highest BCUT2D eigenvalue weighted by Gasteiger charge is 2.19. The van der Waals surface area contributed by atoms with Crippen LogP contribution < -0.4 is 14.6 Å². The fourth-order valence-corrected chi connectivity index (χ4v) is 1.71. The summed E-state index contributed by atoms with van der Waals surface area (Å²) in [6, 6.07) is 5.30. The molecule has 0 atom stereocenters. The van der Waals surface area contributed by atoms with E-state index in [1.54, 1.807) is 19.2 Å². The van der Waals surface area contributed by atoms with Gasteiger partial charge in [0.25, 0.3) is 0 Å². The molecule has 0 unspecified atom stereocenters. The van der Waals surface area contributed by atoms with Crippen molar-refractivity contribution in [1.29, 1.82) is 0 Å². The summed E-state index contributed by atoms with van der Waals surface area (Å²) in [5, 5.41) is 10.4. The lowest BCUT2D eigenvalue weighted by Gasteiger charge is -2.23. The summed E-state index contributed by atoms with van der Waals surface area (Å²) in [6.45, 7) is 6.65. The van der Waals surface area contributed by atoms with Gasteiger partial charge in [-0.05, 0) is 17.0 Å². The van der Waals surface area contributed by atoms with Gasteiger partial charge in [-0.15, -0.1) is 0 Å². The molecule has 0 fully saturated rings. The van der Waals surface area contributed by atoms with Crippen molar-refractivity contribution in [3.8, 4) is 11.5 Å². The van der Waals surface area contributed by atoms with E-state index in [1.165, 1.54) is 0 Å². The molecule has 0 aliphatic heterocycles. The molecule has 0 saturated heterocycles. The Morgan fingerprint density at radius 1 is 1.20 bits per heavy atom. The van der Waals surface area contributed by atoms with Gasteiger partial charge >= 0.3 is 0 Å².